The van der Waals surface area contributed by atoms with E-state index in [0.717, 1.165) is 18.9 Å². The van der Waals surface area contributed by atoms with Crippen molar-refractivity contribution in [3.63, 3.8) is 0 Å². The molecule has 1 aliphatic rings. The van der Waals surface area contributed by atoms with Crippen molar-refractivity contribution in [3.05, 3.63) is 17.8 Å². The molecule has 3 heterocycles. The molecule has 126 valence electrons. The van der Waals surface area contributed by atoms with Crippen LogP contribution in [0.25, 0.3) is 11.0 Å². The highest BCUT2D eigenvalue weighted by Gasteiger charge is 2.35. The van der Waals surface area contributed by atoms with Crippen molar-refractivity contribution in [1.29, 1.82) is 0 Å². The minimum Gasteiger partial charge on any atom is -0.356 e. The zero-order chi connectivity index (χ0) is 16.8. The van der Waals surface area contributed by atoms with E-state index in [4.69, 9.17) is 5.73 Å². The minimum absolute atomic E-state index is 0.0262. The first-order valence-electron chi connectivity index (χ1n) is 7.73. The minimum atomic E-state index is -4.44. The molecule has 8 heteroatoms. The highest BCUT2D eigenvalue weighted by Crippen LogP contribution is 2.36. The summed E-state index contributed by atoms with van der Waals surface area (Å²) in [7, 11) is 0. The molecule has 23 heavy (non-hydrogen) atoms. The molecule has 5 nitrogen and oxygen atoms in total. The number of aromatic nitrogens is 3. The maximum absolute atomic E-state index is 13.4. The first kappa shape index (κ1) is 16.0. The number of rotatable bonds is 2. The van der Waals surface area contributed by atoms with E-state index in [-0.39, 0.29) is 23.1 Å². The largest absolute Gasteiger partial charge is 0.417 e. The van der Waals surface area contributed by atoms with Gasteiger partial charge in [0.2, 0.25) is 0 Å². The lowest BCUT2D eigenvalue weighted by atomic mass is 10.1. The number of anilines is 1. The van der Waals surface area contributed by atoms with Crippen LogP contribution < -0.4 is 10.6 Å². The number of nitrogens with two attached hydrogens (primary N) is 1. The second-order valence-electron chi connectivity index (χ2n) is 6.29. The summed E-state index contributed by atoms with van der Waals surface area (Å²) >= 11 is 0. The number of pyridine rings is 1. The number of piperidine rings is 1. The Kier molecular flexibility index (Phi) is 3.95. The fraction of sp³-hybridized carbons (Fsp3) is 0.600. The van der Waals surface area contributed by atoms with Gasteiger partial charge >= 0.3 is 6.18 Å². The van der Waals surface area contributed by atoms with Crippen molar-refractivity contribution < 1.29 is 13.2 Å². The lowest BCUT2D eigenvalue weighted by Crippen LogP contribution is -2.40. The molecule has 0 aliphatic carbocycles. The van der Waals surface area contributed by atoms with Gasteiger partial charge in [-0.2, -0.15) is 18.3 Å². The zero-order valence-electron chi connectivity index (χ0n) is 13.1. The Morgan fingerprint density at radius 2 is 1.91 bits per heavy atom. The number of alkyl halides is 3. The topological polar surface area (TPSA) is 60.0 Å². The van der Waals surface area contributed by atoms with Crippen LogP contribution in [0.1, 0.15) is 38.3 Å². The van der Waals surface area contributed by atoms with Crippen molar-refractivity contribution in [2.75, 3.05) is 18.0 Å². The molecular weight excluding hydrogens is 307 g/mol. The molecule has 0 atom stereocenters. The molecule has 0 saturated carbocycles. The predicted octanol–water partition coefficient (Wildman–Crippen LogP) is 2.96. The Bertz CT molecular complexity index is 699. The van der Waals surface area contributed by atoms with E-state index in [1.54, 1.807) is 0 Å². The monoisotopic (exact) mass is 327 g/mol. The summed E-state index contributed by atoms with van der Waals surface area (Å²) in [4.78, 5) is 6.21. The van der Waals surface area contributed by atoms with Gasteiger partial charge in [-0.15, -0.1) is 0 Å². The summed E-state index contributed by atoms with van der Waals surface area (Å²) in [6.07, 6.45) is -1.51. The first-order chi connectivity index (χ1) is 10.8. The quantitative estimate of drug-likeness (QED) is 0.921. The predicted molar refractivity (Wildman–Crippen MR) is 82.3 cm³/mol. The molecule has 0 aromatic carbocycles. The number of halogens is 3. The Balaban J connectivity index is 2.09. The zero-order valence-corrected chi connectivity index (χ0v) is 13.1. The lowest BCUT2D eigenvalue weighted by molar-refractivity contribution is -0.136. The van der Waals surface area contributed by atoms with Crippen LogP contribution in [-0.4, -0.2) is 33.9 Å². The van der Waals surface area contributed by atoms with Crippen LogP contribution in [0.4, 0.5) is 19.0 Å². The molecule has 2 aromatic rings. The molecule has 1 aliphatic heterocycles. The fourth-order valence-electron chi connectivity index (χ4n) is 2.79. The molecule has 2 aromatic heterocycles. The van der Waals surface area contributed by atoms with E-state index in [1.807, 2.05) is 18.7 Å². The maximum atomic E-state index is 13.4. The second kappa shape index (κ2) is 5.67. The second-order valence-corrected chi connectivity index (χ2v) is 6.29. The van der Waals surface area contributed by atoms with E-state index in [0.29, 0.717) is 18.9 Å². The van der Waals surface area contributed by atoms with Gasteiger partial charge in [0.25, 0.3) is 0 Å². The summed E-state index contributed by atoms with van der Waals surface area (Å²) in [6.45, 7) is 4.96. The molecule has 0 spiro atoms. The lowest BCUT2D eigenvalue weighted by Gasteiger charge is -2.31. The molecule has 1 fully saturated rings. The van der Waals surface area contributed by atoms with Crippen LogP contribution >= 0.6 is 0 Å². The van der Waals surface area contributed by atoms with Gasteiger partial charge in [-0.3, -0.25) is 4.68 Å². The SMILES string of the molecule is CC(C)n1cc2c(C(F)(F)F)cc(N3CCC(N)CC3)nc2n1. The van der Waals surface area contributed by atoms with Crippen LogP contribution in [-0.2, 0) is 6.18 Å². The van der Waals surface area contributed by atoms with E-state index in [1.165, 1.54) is 10.9 Å². The summed E-state index contributed by atoms with van der Waals surface area (Å²) in [5.41, 5.74) is 5.31. The van der Waals surface area contributed by atoms with Crippen LogP contribution in [0.3, 0.4) is 0 Å². The molecule has 0 bridgehead atoms. The Hall–Kier alpha value is -1.83. The van der Waals surface area contributed by atoms with Crippen molar-refractivity contribution >= 4 is 16.9 Å². The molecule has 2 N–H and O–H groups in total. The third kappa shape index (κ3) is 3.12. The molecule has 3 rings (SSSR count). The standard InChI is InChI=1S/C15H20F3N5/c1-9(2)23-8-11-12(15(16,17)18)7-13(20-14(11)21-23)22-5-3-10(19)4-6-22/h7-10H,3-6,19H2,1-2H3. The average molecular weight is 327 g/mol. The van der Waals surface area contributed by atoms with Gasteiger partial charge in [0.15, 0.2) is 5.65 Å². The summed E-state index contributed by atoms with van der Waals surface area (Å²) in [5, 5.41) is 4.26. The van der Waals surface area contributed by atoms with Gasteiger partial charge in [0, 0.05) is 31.4 Å². The van der Waals surface area contributed by atoms with E-state index in [9.17, 15) is 13.2 Å². The number of nitrogens with zero attached hydrogens (tertiary/aromatic N) is 4. The first-order valence-corrected chi connectivity index (χ1v) is 7.73. The van der Waals surface area contributed by atoms with Crippen molar-refractivity contribution in [2.24, 2.45) is 5.73 Å². The summed E-state index contributed by atoms with van der Waals surface area (Å²) in [6, 6.07) is 1.21. The van der Waals surface area contributed by atoms with E-state index < -0.39 is 11.7 Å². The third-order valence-corrected chi connectivity index (χ3v) is 4.19. The van der Waals surface area contributed by atoms with Crippen LogP contribution in [0.2, 0.25) is 0 Å². The van der Waals surface area contributed by atoms with Gasteiger partial charge in [-0.1, -0.05) is 0 Å². The van der Waals surface area contributed by atoms with Crippen molar-refractivity contribution in [1.82, 2.24) is 14.8 Å². The molecular formula is C15H20F3N5. The van der Waals surface area contributed by atoms with Crippen LogP contribution in [0, 0.1) is 0 Å². The maximum Gasteiger partial charge on any atom is 0.417 e. The third-order valence-electron chi connectivity index (χ3n) is 4.19. The average Bonchev–Trinajstić information content (AvgIpc) is 2.90. The number of hydrogen-bond donors (Lipinski definition) is 1. The van der Waals surface area contributed by atoms with Gasteiger partial charge in [0.1, 0.15) is 5.82 Å². The van der Waals surface area contributed by atoms with Gasteiger partial charge in [-0.25, -0.2) is 4.98 Å². The van der Waals surface area contributed by atoms with Crippen LogP contribution in [0.5, 0.6) is 0 Å². The fourth-order valence-corrected chi connectivity index (χ4v) is 2.79. The van der Waals surface area contributed by atoms with Gasteiger partial charge in [-0.05, 0) is 32.8 Å². The van der Waals surface area contributed by atoms with Gasteiger partial charge in [0.05, 0.1) is 10.9 Å². The van der Waals surface area contributed by atoms with Crippen LogP contribution in [0.15, 0.2) is 12.3 Å². The number of fused-ring (bicyclic) bond motifs is 1. The summed E-state index contributed by atoms with van der Waals surface area (Å²) < 4.78 is 41.8. The van der Waals surface area contributed by atoms with Crippen molar-refractivity contribution in [2.45, 2.75) is 44.9 Å². The van der Waals surface area contributed by atoms with E-state index in [2.05, 4.69) is 10.1 Å². The highest BCUT2D eigenvalue weighted by atomic mass is 19.4. The molecule has 0 radical (unpaired) electrons. The normalized spacial score (nSPS) is 17.4. The molecule has 0 amide bonds. The highest BCUT2D eigenvalue weighted by molar-refractivity contribution is 5.81. The summed E-state index contributed by atoms with van der Waals surface area (Å²) in [5.74, 6) is 0.325. The number of hydrogen-bond acceptors (Lipinski definition) is 4. The Morgan fingerprint density at radius 3 is 2.48 bits per heavy atom. The Labute approximate surface area is 132 Å². The van der Waals surface area contributed by atoms with Crippen molar-refractivity contribution in [3.8, 4) is 0 Å². The van der Waals surface area contributed by atoms with Gasteiger partial charge < -0.3 is 10.6 Å². The van der Waals surface area contributed by atoms with E-state index >= 15 is 0 Å². The molecule has 1 saturated heterocycles. The Morgan fingerprint density at radius 1 is 1.26 bits per heavy atom. The molecule has 0 unspecified atom stereocenters. The smallest absolute Gasteiger partial charge is 0.356 e.